The highest BCUT2D eigenvalue weighted by atomic mass is 16.5. The monoisotopic (exact) mass is 219 g/mol. The zero-order chi connectivity index (χ0) is 11.0. The molecule has 0 saturated carbocycles. The molecule has 1 fully saturated rings. The van der Waals surface area contributed by atoms with E-state index in [1.807, 2.05) is 18.2 Å². The van der Waals surface area contributed by atoms with Crippen LogP contribution in [0.4, 0.5) is 0 Å². The van der Waals surface area contributed by atoms with Crippen LogP contribution >= 0.6 is 0 Å². The van der Waals surface area contributed by atoms with Crippen LogP contribution in [0.5, 0.6) is 5.75 Å². The molecule has 1 atom stereocenters. The van der Waals surface area contributed by atoms with Crippen LogP contribution in [0.25, 0.3) is 0 Å². The molecule has 86 valence electrons. The van der Waals surface area contributed by atoms with E-state index in [2.05, 4.69) is 6.07 Å². The van der Waals surface area contributed by atoms with Gasteiger partial charge in [0, 0.05) is 30.9 Å². The lowest BCUT2D eigenvalue weighted by Gasteiger charge is -2.43. The lowest BCUT2D eigenvalue weighted by Crippen LogP contribution is -2.46. The molecule has 3 heteroatoms. The van der Waals surface area contributed by atoms with Crippen molar-refractivity contribution in [3.8, 4) is 5.75 Å². The summed E-state index contributed by atoms with van der Waals surface area (Å²) in [5, 5.41) is 0. The Hall–Kier alpha value is -1.06. The van der Waals surface area contributed by atoms with E-state index in [1.165, 1.54) is 0 Å². The third kappa shape index (κ3) is 1.60. The first-order valence-electron chi connectivity index (χ1n) is 5.90. The number of ether oxygens (including phenoxy) is 2. The van der Waals surface area contributed by atoms with Gasteiger partial charge in [-0.3, -0.25) is 0 Å². The Morgan fingerprint density at radius 3 is 2.75 bits per heavy atom. The summed E-state index contributed by atoms with van der Waals surface area (Å²) in [5.74, 6) is 0.961. The minimum absolute atomic E-state index is 0.0774. The van der Waals surface area contributed by atoms with Gasteiger partial charge in [-0.2, -0.15) is 0 Å². The number of para-hydroxylation sites is 1. The van der Waals surface area contributed by atoms with Crippen molar-refractivity contribution in [1.29, 1.82) is 0 Å². The smallest absolute Gasteiger partial charge is 0.124 e. The van der Waals surface area contributed by atoms with Gasteiger partial charge >= 0.3 is 0 Å². The summed E-state index contributed by atoms with van der Waals surface area (Å²) in [6, 6.07) is 8.20. The van der Waals surface area contributed by atoms with Crippen LogP contribution in [0.15, 0.2) is 24.3 Å². The Morgan fingerprint density at radius 1 is 1.19 bits per heavy atom. The van der Waals surface area contributed by atoms with Crippen molar-refractivity contribution in [1.82, 2.24) is 0 Å². The van der Waals surface area contributed by atoms with Crippen molar-refractivity contribution in [3.63, 3.8) is 0 Å². The van der Waals surface area contributed by atoms with Gasteiger partial charge in [-0.25, -0.2) is 0 Å². The first-order chi connectivity index (χ1) is 7.79. The normalized spacial score (nSPS) is 27.2. The summed E-state index contributed by atoms with van der Waals surface area (Å²) in [6.07, 6.45) is 2.82. The molecular formula is C13H17NO2. The molecule has 1 aromatic carbocycles. The standard InChI is InChI=1S/C13H17NO2/c14-11-9-13(5-7-15-8-6-13)16-12-4-2-1-3-10(11)12/h1-4,11H,5-9,14H2/t11-/m1/s1. The Balaban J connectivity index is 1.93. The number of nitrogens with two attached hydrogens (primary N) is 1. The van der Waals surface area contributed by atoms with E-state index >= 15 is 0 Å². The molecule has 0 unspecified atom stereocenters. The molecule has 1 saturated heterocycles. The zero-order valence-electron chi connectivity index (χ0n) is 9.32. The van der Waals surface area contributed by atoms with Gasteiger partial charge in [0.05, 0.1) is 13.2 Å². The third-order valence-electron chi connectivity index (χ3n) is 3.64. The van der Waals surface area contributed by atoms with Crippen molar-refractivity contribution in [2.45, 2.75) is 30.9 Å². The molecule has 2 N–H and O–H groups in total. The Bertz CT molecular complexity index is 385. The molecule has 0 aromatic heterocycles. The summed E-state index contributed by atoms with van der Waals surface area (Å²) < 4.78 is 11.6. The van der Waals surface area contributed by atoms with Gasteiger partial charge in [0.15, 0.2) is 0 Å². The average Bonchev–Trinajstić information content (AvgIpc) is 2.30. The highest BCUT2D eigenvalue weighted by molar-refractivity contribution is 5.38. The van der Waals surface area contributed by atoms with Crippen LogP contribution < -0.4 is 10.5 Å². The van der Waals surface area contributed by atoms with Gasteiger partial charge in [-0.1, -0.05) is 18.2 Å². The molecule has 0 bridgehead atoms. The molecule has 0 radical (unpaired) electrons. The van der Waals surface area contributed by atoms with E-state index in [0.717, 1.165) is 43.8 Å². The van der Waals surface area contributed by atoms with Crippen molar-refractivity contribution in [3.05, 3.63) is 29.8 Å². The number of fused-ring (bicyclic) bond motifs is 1. The molecular weight excluding hydrogens is 202 g/mol. The predicted molar refractivity (Wildman–Crippen MR) is 61.4 cm³/mol. The minimum atomic E-state index is -0.0774. The Kier molecular flexibility index (Phi) is 2.37. The molecule has 2 aliphatic heterocycles. The molecule has 3 rings (SSSR count). The maximum Gasteiger partial charge on any atom is 0.124 e. The summed E-state index contributed by atoms with van der Waals surface area (Å²) in [5.41, 5.74) is 7.29. The predicted octanol–water partition coefficient (Wildman–Crippen LogP) is 2.02. The van der Waals surface area contributed by atoms with Crippen molar-refractivity contribution in [2.24, 2.45) is 5.73 Å². The molecule has 1 aromatic rings. The van der Waals surface area contributed by atoms with Crippen molar-refractivity contribution < 1.29 is 9.47 Å². The number of hydrogen-bond donors (Lipinski definition) is 1. The van der Waals surface area contributed by atoms with Gasteiger partial charge in [0.25, 0.3) is 0 Å². The van der Waals surface area contributed by atoms with Crippen molar-refractivity contribution >= 4 is 0 Å². The Labute approximate surface area is 95.5 Å². The van der Waals surface area contributed by atoms with E-state index in [4.69, 9.17) is 15.2 Å². The number of rotatable bonds is 0. The first-order valence-corrected chi connectivity index (χ1v) is 5.90. The number of hydrogen-bond acceptors (Lipinski definition) is 3. The van der Waals surface area contributed by atoms with Gasteiger partial charge in [-0.05, 0) is 6.07 Å². The lowest BCUT2D eigenvalue weighted by molar-refractivity contribution is -0.0620. The largest absolute Gasteiger partial charge is 0.487 e. The third-order valence-corrected chi connectivity index (χ3v) is 3.64. The van der Waals surface area contributed by atoms with Crippen molar-refractivity contribution in [2.75, 3.05) is 13.2 Å². The maximum absolute atomic E-state index is 6.23. The summed E-state index contributed by atoms with van der Waals surface area (Å²) in [7, 11) is 0. The van der Waals surface area contributed by atoms with Crippen LogP contribution in [0.2, 0.25) is 0 Å². The molecule has 16 heavy (non-hydrogen) atoms. The van der Waals surface area contributed by atoms with E-state index in [1.54, 1.807) is 0 Å². The molecule has 1 spiro atoms. The van der Waals surface area contributed by atoms with Gasteiger partial charge in [0.1, 0.15) is 11.4 Å². The van der Waals surface area contributed by atoms with Gasteiger partial charge in [-0.15, -0.1) is 0 Å². The molecule has 2 heterocycles. The summed E-state index contributed by atoms with van der Waals surface area (Å²) in [4.78, 5) is 0. The number of benzene rings is 1. The first kappa shape index (κ1) is 10.1. The fraction of sp³-hybridized carbons (Fsp3) is 0.538. The minimum Gasteiger partial charge on any atom is -0.487 e. The summed E-state index contributed by atoms with van der Waals surface area (Å²) >= 11 is 0. The van der Waals surface area contributed by atoms with E-state index in [-0.39, 0.29) is 11.6 Å². The fourth-order valence-electron chi connectivity index (χ4n) is 2.72. The second kappa shape index (κ2) is 3.75. The molecule has 3 nitrogen and oxygen atoms in total. The van der Waals surface area contributed by atoms with Crippen LogP contribution in [0.1, 0.15) is 30.9 Å². The molecule has 0 aliphatic carbocycles. The molecule has 2 aliphatic rings. The van der Waals surface area contributed by atoms with Gasteiger partial charge in [0.2, 0.25) is 0 Å². The van der Waals surface area contributed by atoms with E-state index in [9.17, 15) is 0 Å². The quantitative estimate of drug-likeness (QED) is 0.726. The fourth-order valence-corrected chi connectivity index (χ4v) is 2.72. The van der Waals surface area contributed by atoms with E-state index in [0.29, 0.717) is 0 Å². The zero-order valence-corrected chi connectivity index (χ0v) is 9.32. The van der Waals surface area contributed by atoms with Crippen LogP contribution in [0, 0.1) is 0 Å². The second-order valence-corrected chi connectivity index (χ2v) is 4.75. The maximum atomic E-state index is 6.23. The van der Waals surface area contributed by atoms with E-state index < -0.39 is 0 Å². The highest BCUT2D eigenvalue weighted by Gasteiger charge is 2.40. The van der Waals surface area contributed by atoms with Gasteiger partial charge < -0.3 is 15.2 Å². The topological polar surface area (TPSA) is 44.5 Å². The van der Waals surface area contributed by atoms with Crippen LogP contribution in [0.3, 0.4) is 0 Å². The highest BCUT2D eigenvalue weighted by Crippen LogP contribution is 2.42. The van der Waals surface area contributed by atoms with Crippen LogP contribution in [-0.4, -0.2) is 18.8 Å². The molecule has 0 amide bonds. The SMILES string of the molecule is N[C@@H]1CC2(CCOCC2)Oc2ccccc21. The van der Waals surface area contributed by atoms with Crippen LogP contribution in [-0.2, 0) is 4.74 Å². The summed E-state index contributed by atoms with van der Waals surface area (Å²) in [6.45, 7) is 1.57. The lowest BCUT2D eigenvalue weighted by atomic mass is 9.82. The second-order valence-electron chi connectivity index (χ2n) is 4.75. The average molecular weight is 219 g/mol. The Morgan fingerprint density at radius 2 is 1.94 bits per heavy atom.